The van der Waals surface area contributed by atoms with Crippen LogP contribution >= 0.6 is 23.2 Å². The molecule has 1 atom stereocenters. The molecular formula is C16H14Cl2F3N5O3. The van der Waals surface area contributed by atoms with Gasteiger partial charge in [-0.3, -0.25) is 24.4 Å². The molecule has 0 spiro atoms. The number of benzene rings is 1. The van der Waals surface area contributed by atoms with E-state index in [1.807, 2.05) is 5.32 Å². The molecule has 2 aliphatic rings. The second-order valence-electron chi connectivity index (χ2n) is 6.62. The number of carbonyl (C=O) groups excluding carboxylic acids is 2. The number of halogens is 5. The molecule has 13 heteroatoms. The van der Waals surface area contributed by atoms with Crippen LogP contribution in [0.3, 0.4) is 0 Å². The van der Waals surface area contributed by atoms with Gasteiger partial charge in [0.05, 0.1) is 40.8 Å². The van der Waals surface area contributed by atoms with Crippen molar-refractivity contribution in [3.05, 3.63) is 22.2 Å². The van der Waals surface area contributed by atoms with Crippen molar-refractivity contribution in [1.29, 1.82) is 0 Å². The van der Waals surface area contributed by atoms with Crippen molar-refractivity contribution in [2.75, 3.05) is 38.2 Å². The number of morpholine rings is 1. The van der Waals surface area contributed by atoms with Crippen molar-refractivity contribution < 1.29 is 27.5 Å². The zero-order chi connectivity index (χ0) is 21.0. The van der Waals surface area contributed by atoms with Gasteiger partial charge in [-0.2, -0.15) is 13.2 Å². The number of ether oxygens (including phenoxy) is 1. The van der Waals surface area contributed by atoms with Crippen molar-refractivity contribution >= 4 is 52.0 Å². The van der Waals surface area contributed by atoms with Gasteiger partial charge in [0.25, 0.3) is 11.6 Å². The second kappa shape index (κ2) is 7.01. The lowest BCUT2D eigenvalue weighted by atomic mass is 10.1. The Morgan fingerprint density at radius 2 is 1.93 bits per heavy atom. The summed E-state index contributed by atoms with van der Waals surface area (Å²) in [6, 6.07) is 2.46. The minimum Gasteiger partial charge on any atom is -0.379 e. The molecule has 8 nitrogen and oxygen atoms in total. The van der Waals surface area contributed by atoms with E-state index < -0.39 is 23.7 Å². The first-order valence-electron chi connectivity index (χ1n) is 8.51. The van der Waals surface area contributed by atoms with Crippen LogP contribution < -0.4 is 10.6 Å². The molecule has 0 bridgehead atoms. The van der Waals surface area contributed by atoms with Gasteiger partial charge in [0.2, 0.25) is 11.9 Å². The summed E-state index contributed by atoms with van der Waals surface area (Å²) in [4.78, 5) is 30.6. The number of fused-ring (bicyclic) bond motifs is 3. The quantitative estimate of drug-likeness (QED) is 0.744. The lowest BCUT2D eigenvalue weighted by molar-refractivity contribution is -0.217. The molecule has 156 valence electrons. The van der Waals surface area contributed by atoms with E-state index in [0.717, 1.165) is 0 Å². The van der Waals surface area contributed by atoms with Gasteiger partial charge in [0, 0.05) is 13.1 Å². The summed E-state index contributed by atoms with van der Waals surface area (Å²) in [6.07, 6.45) is -5.16. The molecule has 1 fully saturated rings. The third kappa shape index (κ3) is 3.21. The number of rotatable bonds is 3. The molecule has 2 aromatic rings. The topological polar surface area (TPSA) is 88.5 Å². The van der Waals surface area contributed by atoms with Crippen LogP contribution in [0, 0.1) is 0 Å². The van der Waals surface area contributed by atoms with E-state index in [9.17, 15) is 22.8 Å². The summed E-state index contributed by atoms with van der Waals surface area (Å²) in [5.41, 5.74) is -3.38. The average molecular weight is 452 g/mol. The summed E-state index contributed by atoms with van der Waals surface area (Å²) in [6.45, 7) is 1.21. The fourth-order valence-electron chi connectivity index (χ4n) is 3.43. The molecular weight excluding hydrogens is 438 g/mol. The van der Waals surface area contributed by atoms with E-state index >= 15 is 0 Å². The van der Waals surface area contributed by atoms with Crippen molar-refractivity contribution in [2.24, 2.45) is 0 Å². The highest BCUT2D eigenvalue weighted by Gasteiger charge is 2.67. The Morgan fingerprint density at radius 1 is 1.28 bits per heavy atom. The van der Waals surface area contributed by atoms with Crippen LogP contribution in [-0.4, -0.2) is 65.3 Å². The molecule has 2 amide bonds. The number of nitrogens with zero attached hydrogens (tertiary/aromatic N) is 3. The number of alkyl halides is 3. The average Bonchev–Trinajstić information content (AvgIpc) is 3.10. The molecule has 2 N–H and O–H groups in total. The first kappa shape index (κ1) is 20.2. The van der Waals surface area contributed by atoms with E-state index in [1.54, 1.807) is 4.90 Å². The Morgan fingerprint density at radius 3 is 2.59 bits per heavy atom. The Balaban J connectivity index is 1.78. The number of anilines is 1. The lowest BCUT2D eigenvalue weighted by Crippen LogP contribution is -2.64. The number of nitrogens with one attached hydrogen (secondary N) is 2. The van der Waals surface area contributed by atoms with Crippen LogP contribution in [0.25, 0.3) is 11.0 Å². The monoisotopic (exact) mass is 451 g/mol. The summed E-state index contributed by atoms with van der Waals surface area (Å²) < 4.78 is 48.5. The summed E-state index contributed by atoms with van der Waals surface area (Å²) in [5, 5.41) is 4.05. The van der Waals surface area contributed by atoms with Crippen molar-refractivity contribution in [1.82, 2.24) is 19.8 Å². The van der Waals surface area contributed by atoms with Gasteiger partial charge in [-0.25, -0.2) is 4.98 Å². The van der Waals surface area contributed by atoms with Crippen molar-refractivity contribution in [3.63, 3.8) is 0 Å². The second-order valence-corrected chi connectivity index (χ2v) is 7.44. The van der Waals surface area contributed by atoms with Crippen LogP contribution in [0.2, 0.25) is 10.0 Å². The Hall–Kier alpha value is -2.08. The van der Waals surface area contributed by atoms with Gasteiger partial charge in [-0.05, 0) is 12.1 Å². The van der Waals surface area contributed by atoms with Gasteiger partial charge in [-0.15, -0.1) is 0 Å². The largest absolute Gasteiger partial charge is 0.440 e. The summed E-state index contributed by atoms with van der Waals surface area (Å²) in [7, 11) is 0. The standard InChI is InChI=1S/C16H14Cl2F3N5O3/c17-8-5-10-11(6-9(8)18)26-14(22-10)23-13(28)15(26,16(19,20)21)24-12(27)7-25-1-3-29-4-2-25/h5-6H,1-4,7H2,(H,24,27)(H,22,23,28). The third-order valence-corrected chi connectivity index (χ3v) is 5.51. The minimum atomic E-state index is -5.16. The highest BCUT2D eigenvalue weighted by Crippen LogP contribution is 2.44. The maximum Gasteiger partial charge on any atom is 0.440 e. The molecule has 3 heterocycles. The van der Waals surface area contributed by atoms with Crippen LogP contribution in [0.1, 0.15) is 0 Å². The number of aromatic nitrogens is 2. The maximum atomic E-state index is 14.3. The van der Waals surface area contributed by atoms with Gasteiger partial charge >= 0.3 is 6.18 Å². The molecule has 1 aromatic carbocycles. The zero-order valence-electron chi connectivity index (χ0n) is 14.6. The van der Waals surface area contributed by atoms with Crippen LogP contribution in [0.5, 0.6) is 0 Å². The SMILES string of the molecule is O=C(CN1CCOCC1)NC1(C(F)(F)F)C(=O)Nc2nc3cc(Cl)c(Cl)cc3n21. The van der Waals surface area contributed by atoms with E-state index in [-0.39, 0.29) is 33.6 Å². The lowest BCUT2D eigenvalue weighted by Gasteiger charge is -2.33. The Kier molecular flexibility index (Phi) is 4.88. The van der Waals surface area contributed by atoms with Crippen LogP contribution in [0.15, 0.2) is 12.1 Å². The molecule has 1 aromatic heterocycles. The predicted molar refractivity (Wildman–Crippen MR) is 97.8 cm³/mol. The van der Waals surface area contributed by atoms with Crippen molar-refractivity contribution in [2.45, 2.75) is 11.8 Å². The normalized spacial score (nSPS) is 22.6. The Bertz CT molecular complexity index is 1010. The Labute approximate surface area is 171 Å². The fourth-order valence-corrected chi connectivity index (χ4v) is 3.75. The predicted octanol–water partition coefficient (Wildman–Crippen LogP) is 1.96. The minimum absolute atomic E-state index is 0.0167. The van der Waals surface area contributed by atoms with Gasteiger partial charge in [0.15, 0.2) is 0 Å². The molecule has 1 saturated heterocycles. The van der Waals surface area contributed by atoms with Gasteiger partial charge in [-0.1, -0.05) is 23.2 Å². The van der Waals surface area contributed by atoms with E-state index in [1.165, 1.54) is 12.1 Å². The van der Waals surface area contributed by atoms with Crippen LogP contribution in [-0.2, 0) is 20.0 Å². The molecule has 0 aliphatic carbocycles. The van der Waals surface area contributed by atoms with Crippen LogP contribution in [0.4, 0.5) is 19.1 Å². The zero-order valence-corrected chi connectivity index (χ0v) is 16.2. The molecule has 0 radical (unpaired) electrons. The first-order valence-corrected chi connectivity index (χ1v) is 9.26. The highest BCUT2D eigenvalue weighted by atomic mass is 35.5. The number of carbonyl (C=O) groups is 2. The number of imidazole rings is 1. The molecule has 2 aliphatic heterocycles. The molecule has 0 saturated carbocycles. The number of amides is 2. The van der Waals surface area contributed by atoms with Gasteiger partial charge in [0.1, 0.15) is 0 Å². The summed E-state index contributed by atoms with van der Waals surface area (Å²) in [5.74, 6) is -2.79. The van der Waals surface area contributed by atoms with Crippen molar-refractivity contribution in [3.8, 4) is 0 Å². The van der Waals surface area contributed by atoms with E-state index in [4.69, 9.17) is 27.9 Å². The number of hydrogen-bond donors (Lipinski definition) is 2. The van der Waals surface area contributed by atoms with E-state index in [0.29, 0.717) is 30.9 Å². The molecule has 29 heavy (non-hydrogen) atoms. The molecule has 1 unspecified atom stereocenters. The molecule has 4 rings (SSSR count). The van der Waals surface area contributed by atoms with E-state index in [2.05, 4.69) is 10.3 Å². The fraction of sp³-hybridized carbons (Fsp3) is 0.438. The summed E-state index contributed by atoms with van der Waals surface area (Å²) >= 11 is 11.9. The first-order chi connectivity index (χ1) is 13.6. The highest BCUT2D eigenvalue weighted by molar-refractivity contribution is 6.42. The maximum absolute atomic E-state index is 14.3. The number of hydrogen-bond acceptors (Lipinski definition) is 5. The third-order valence-electron chi connectivity index (χ3n) is 4.79. The van der Waals surface area contributed by atoms with Gasteiger partial charge < -0.3 is 10.1 Å². The smallest absolute Gasteiger partial charge is 0.379 e.